The Morgan fingerprint density at radius 1 is 1.21 bits per heavy atom. The molecule has 3 aromatic heterocycles. The molecular formula is C20H21N7OS. The maximum Gasteiger partial charge on any atom is 0.194 e. The van der Waals surface area contributed by atoms with Crippen LogP contribution in [0.2, 0.25) is 0 Å². The fourth-order valence-electron chi connectivity index (χ4n) is 3.65. The number of H-pyrrole nitrogens is 1. The van der Waals surface area contributed by atoms with Gasteiger partial charge in [0.15, 0.2) is 10.8 Å². The first-order chi connectivity index (χ1) is 14.1. The Morgan fingerprint density at radius 3 is 2.79 bits per heavy atom. The lowest BCUT2D eigenvalue weighted by Gasteiger charge is -2.40. The van der Waals surface area contributed by atoms with Gasteiger partial charge in [0.25, 0.3) is 0 Å². The van der Waals surface area contributed by atoms with E-state index in [1.165, 1.54) is 0 Å². The standard InChI is InChI=1S/C20H21N7OS/c1-21-13-6-14(7-13)27(2)20-24-19-18(29-20)8-16(25-26-19)15-4-3-11(5-17(15)28)12-9-22-23-10-12/h3-5,8-10,13-14,21,28H,6-7H2,1-2H3,(H,22,23)/t13-,14+. The van der Waals surface area contributed by atoms with Crippen molar-refractivity contribution in [3.63, 3.8) is 0 Å². The Hall–Kier alpha value is -3.04. The van der Waals surface area contributed by atoms with Crippen molar-refractivity contribution < 1.29 is 5.11 Å². The van der Waals surface area contributed by atoms with Crippen LogP contribution in [-0.4, -0.2) is 56.7 Å². The summed E-state index contributed by atoms with van der Waals surface area (Å²) in [5, 5.41) is 30.1. The molecule has 8 nitrogen and oxygen atoms in total. The number of fused-ring (bicyclic) bond motifs is 1. The van der Waals surface area contributed by atoms with Gasteiger partial charge in [-0.3, -0.25) is 5.10 Å². The molecule has 1 fully saturated rings. The van der Waals surface area contributed by atoms with Crippen molar-refractivity contribution in [3.8, 4) is 28.1 Å². The highest BCUT2D eigenvalue weighted by molar-refractivity contribution is 7.22. The zero-order chi connectivity index (χ0) is 20.0. The highest BCUT2D eigenvalue weighted by atomic mass is 32.1. The third kappa shape index (κ3) is 3.22. The Morgan fingerprint density at radius 2 is 2.07 bits per heavy atom. The van der Waals surface area contributed by atoms with Crippen LogP contribution in [0.3, 0.4) is 0 Å². The molecule has 1 saturated carbocycles. The smallest absolute Gasteiger partial charge is 0.194 e. The van der Waals surface area contributed by atoms with E-state index in [-0.39, 0.29) is 5.75 Å². The van der Waals surface area contributed by atoms with Gasteiger partial charge in [0.05, 0.1) is 16.6 Å². The van der Waals surface area contributed by atoms with E-state index >= 15 is 0 Å². The summed E-state index contributed by atoms with van der Waals surface area (Å²) in [4.78, 5) is 6.88. The topological polar surface area (TPSA) is 103 Å². The van der Waals surface area contributed by atoms with Gasteiger partial charge >= 0.3 is 0 Å². The second-order valence-electron chi connectivity index (χ2n) is 7.35. The molecule has 0 saturated heterocycles. The summed E-state index contributed by atoms with van der Waals surface area (Å²) in [5.74, 6) is 0.159. The molecule has 9 heteroatoms. The van der Waals surface area contributed by atoms with Crippen molar-refractivity contribution >= 4 is 26.8 Å². The summed E-state index contributed by atoms with van der Waals surface area (Å²) in [6.45, 7) is 0. The van der Waals surface area contributed by atoms with Gasteiger partial charge in [0, 0.05) is 36.5 Å². The van der Waals surface area contributed by atoms with Crippen molar-refractivity contribution in [1.29, 1.82) is 0 Å². The molecule has 3 N–H and O–H groups in total. The first kappa shape index (κ1) is 18.0. The highest BCUT2D eigenvalue weighted by Gasteiger charge is 2.32. The third-order valence-electron chi connectivity index (χ3n) is 5.62. The van der Waals surface area contributed by atoms with Crippen LogP contribution in [-0.2, 0) is 0 Å². The van der Waals surface area contributed by atoms with Crippen LogP contribution in [0.25, 0.3) is 32.7 Å². The Bertz CT molecular complexity index is 1150. The van der Waals surface area contributed by atoms with Crippen molar-refractivity contribution in [2.24, 2.45) is 0 Å². The summed E-state index contributed by atoms with van der Waals surface area (Å²) in [7, 11) is 4.09. The van der Waals surface area contributed by atoms with Crippen LogP contribution in [0.1, 0.15) is 12.8 Å². The summed E-state index contributed by atoms with van der Waals surface area (Å²) in [6.07, 6.45) is 5.75. The van der Waals surface area contributed by atoms with Crippen LogP contribution < -0.4 is 10.2 Å². The zero-order valence-corrected chi connectivity index (χ0v) is 16.9. The number of thiazole rings is 1. The first-order valence-corrected chi connectivity index (χ1v) is 10.3. The van der Waals surface area contributed by atoms with Crippen molar-refractivity contribution in [2.45, 2.75) is 24.9 Å². The van der Waals surface area contributed by atoms with Gasteiger partial charge in [-0.25, -0.2) is 0 Å². The van der Waals surface area contributed by atoms with E-state index in [4.69, 9.17) is 0 Å². The number of anilines is 1. The molecule has 0 unspecified atom stereocenters. The molecule has 1 aliphatic carbocycles. The molecular weight excluding hydrogens is 386 g/mol. The van der Waals surface area contributed by atoms with Gasteiger partial charge in [-0.1, -0.05) is 17.4 Å². The molecule has 4 aromatic rings. The molecule has 0 aliphatic heterocycles. The van der Waals surface area contributed by atoms with Crippen LogP contribution in [0.4, 0.5) is 5.13 Å². The molecule has 148 valence electrons. The lowest BCUT2D eigenvalue weighted by atomic mass is 9.86. The minimum Gasteiger partial charge on any atom is -0.507 e. The van der Waals surface area contributed by atoms with E-state index in [0.29, 0.717) is 29.0 Å². The number of rotatable bonds is 5. The van der Waals surface area contributed by atoms with Gasteiger partial charge in [-0.15, -0.1) is 10.2 Å². The van der Waals surface area contributed by atoms with Crippen LogP contribution in [0.5, 0.6) is 5.75 Å². The number of benzene rings is 1. The molecule has 0 spiro atoms. The monoisotopic (exact) mass is 407 g/mol. The molecule has 0 atom stereocenters. The molecule has 3 heterocycles. The van der Waals surface area contributed by atoms with E-state index in [2.05, 4.69) is 42.6 Å². The molecule has 1 aliphatic rings. The number of phenols is 1. The van der Waals surface area contributed by atoms with E-state index in [0.717, 1.165) is 33.8 Å². The number of phenolic OH excluding ortho intramolecular Hbond substituents is 1. The Balaban J connectivity index is 1.43. The minimum atomic E-state index is 0.159. The maximum absolute atomic E-state index is 10.5. The number of aromatic nitrogens is 5. The lowest BCUT2D eigenvalue weighted by molar-refractivity contribution is 0.299. The van der Waals surface area contributed by atoms with Gasteiger partial charge < -0.3 is 15.3 Å². The number of aromatic amines is 1. The molecule has 29 heavy (non-hydrogen) atoms. The molecule has 0 radical (unpaired) electrons. The minimum absolute atomic E-state index is 0.159. The Labute approximate surface area is 171 Å². The molecule has 0 amide bonds. The summed E-state index contributed by atoms with van der Waals surface area (Å²) in [5.41, 5.74) is 3.71. The van der Waals surface area contributed by atoms with Crippen molar-refractivity contribution in [2.75, 3.05) is 19.0 Å². The second kappa shape index (κ2) is 7.09. The maximum atomic E-state index is 10.5. The predicted octanol–water partition coefficient (Wildman–Crippen LogP) is 3.04. The van der Waals surface area contributed by atoms with E-state index in [1.807, 2.05) is 25.2 Å². The van der Waals surface area contributed by atoms with Crippen LogP contribution >= 0.6 is 11.3 Å². The number of hydrogen-bond acceptors (Lipinski definition) is 8. The van der Waals surface area contributed by atoms with Crippen LogP contribution in [0, 0.1) is 0 Å². The van der Waals surface area contributed by atoms with Crippen molar-refractivity contribution in [1.82, 2.24) is 30.7 Å². The lowest BCUT2D eigenvalue weighted by Crippen LogP contribution is -2.50. The zero-order valence-electron chi connectivity index (χ0n) is 16.1. The normalized spacial score (nSPS) is 18.7. The van der Waals surface area contributed by atoms with E-state index in [1.54, 1.807) is 29.8 Å². The molecule has 0 bridgehead atoms. The van der Waals surface area contributed by atoms with Gasteiger partial charge in [0.1, 0.15) is 5.75 Å². The number of hydrogen-bond donors (Lipinski definition) is 3. The molecule has 1 aromatic carbocycles. The van der Waals surface area contributed by atoms with Gasteiger partial charge in [-0.05, 0) is 43.7 Å². The summed E-state index contributed by atoms with van der Waals surface area (Å²) >= 11 is 1.61. The largest absolute Gasteiger partial charge is 0.507 e. The summed E-state index contributed by atoms with van der Waals surface area (Å²) < 4.78 is 0.958. The number of nitrogens with one attached hydrogen (secondary N) is 2. The fraction of sp³-hybridized carbons (Fsp3) is 0.300. The number of aromatic hydroxyl groups is 1. The molecule has 5 rings (SSSR count). The average Bonchev–Trinajstić information content (AvgIpc) is 3.36. The quantitative estimate of drug-likeness (QED) is 0.467. The number of nitrogens with zero attached hydrogens (tertiary/aromatic N) is 5. The van der Waals surface area contributed by atoms with Crippen molar-refractivity contribution in [3.05, 3.63) is 36.7 Å². The first-order valence-electron chi connectivity index (χ1n) is 9.49. The fourth-order valence-corrected chi connectivity index (χ4v) is 4.62. The van der Waals surface area contributed by atoms with Gasteiger partial charge in [0.2, 0.25) is 0 Å². The SMILES string of the molecule is CN[C@H]1C[C@@H](N(C)c2nc3nnc(-c4ccc(-c5cn[nH]c5)cc4O)cc3s2)C1. The highest BCUT2D eigenvalue weighted by Crippen LogP contribution is 2.36. The van der Waals surface area contributed by atoms with Crippen LogP contribution in [0.15, 0.2) is 36.7 Å². The average molecular weight is 408 g/mol. The van der Waals surface area contributed by atoms with E-state index in [9.17, 15) is 5.11 Å². The second-order valence-corrected chi connectivity index (χ2v) is 8.36. The predicted molar refractivity (Wildman–Crippen MR) is 114 cm³/mol. The Kier molecular flexibility index (Phi) is 4.40. The summed E-state index contributed by atoms with van der Waals surface area (Å²) in [6, 6.07) is 8.55. The third-order valence-corrected chi connectivity index (χ3v) is 6.70. The van der Waals surface area contributed by atoms with E-state index < -0.39 is 0 Å². The van der Waals surface area contributed by atoms with Gasteiger partial charge in [-0.2, -0.15) is 10.1 Å².